The van der Waals surface area contributed by atoms with Crippen molar-refractivity contribution in [1.29, 1.82) is 0 Å². The molecule has 132 valence electrons. The number of carbonyl (C=O) groups excluding carboxylic acids is 2. The molecule has 0 heterocycles. The predicted molar refractivity (Wildman–Crippen MR) is 104 cm³/mol. The van der Waals surface area contributed by atoms with Crippen LogP contribution in [-0.4, -0.2) is 19.0 Å². The van der Waals surface area contributed by atoms with Crippen LogP contribution in [0, 0.1) is 0 Å². The minimum absolute atomic E-state index is 0.208. The number of halogens is 1. The molecule has 0 radical (unpaired) electrons. The standard InChI is InChI=1S/C20H16BrNO4/c1-12(23)26-19-11-13-7-8-15(21)9-14(13)10-16(19)20(24)22-17-5-3-4-6-18(17)25-2/h3-11H,1-2H3,(H,22,24). The number of anilines is 1. The number of hydrogen-bond acceptors (Lipinski definition) is 4. The van der Waals surface area contributed by atoms with E-state index in [1.54, 1.807) is 30.3 Å². The Labute approximate surface area is 159 Å². The molecule has 0 bridgehead atoms. The summed E-state index contributed by atoms with van der Waals surface area (Å²) in [5.41, 5.74) is 0.792. The molecule has 26 heavy (non-hydrogen) atoms. The molecule has 3 aromatic rings. The van der Waals surface area contributed by atoms with Crippen molar-refractivity contribution in [2.24, 2.45) is 0 Å². The molecule has 1 N–H and O–H groups in total. The Kier molecular flexibility index (Phi) is 5.23. The van der Waals surface area contributed by atoms with Crippen LogP contribution >= 0.6 is 15.9 Å². The zero-order valence-corrected chi connectivity index (χ0v) is 15.8. The molecule has 3 aromatic carbocycles. The third-order valence-electron chi connectivity index (χ3n) is 3.75. The second-order valence-electron chi connectivity index (χ2n) is 5.59. The van der Waals surface area contributed by atoms with Gasteiger partial charge < -0.3 is 14.8 Å². The summed E-state index contributed by atoms with van der Waals surface area (Å²) in [6.07, 6.45) is 0. The molecule has 6 heteroatoms. The van der Waals surface area contributed by atoms with Crippen LogP contribution in [0.5, 0.6) is 11.5 Å². The van der Waals surface area contributed by atoms with Crippen LogP contribution in [0.25, 0.3) is 10.8 Å². The monoisotopic (exact) mass is 413 g/mol. The third-order valence-corrected chi connectivity index (χ3v) is 4.25. The smallest absolute Gasteiger partial charge is 0.308 e. The molecular weight excluding hydrogens is 398 g/mol. The van der Waals surface area contributed by atoms with Crippen molar-refractivity contribution in [1.82, 2.24) is 0 Å². The van der Waals surface area contributed by atoms with Crippen LogP contribution < -0.4 is 14.8 Å². The summed E-state index contributed by atoms with van der Waals surface area (Å²) in [7, 11) is 1.53. The van der Waals surface area contributed by atoms with E-state index in [0.717, 1.165) is 15.2 Å². The number of ether oxygens (including phenoxy) is 2. The van der Waals surface area contributed by atoms with Crippen molar-refractivity contribution in [3.05, 3.63) is 64.6 Å². The summed E-state index contributed by atoms with van der Waals surface area (Å²) in [4.78, 5) is 24.3. The van der Waals surface area contributed by atoms with E-state index in [2.05, 4.69) is 21.2 Å². The molecule has 0 saturated carbocycles. The largest absolute Gasteiger partial charge is 0.495 e. The van der Waals surface area contributed by atoms with Gasteiger partial charge in [0.2, 0.25) is 0 Å². The van der Waals surface area contributed by atoms with Gasteiger partial charge in [0.05, 0.1) is 18.4 Å². The van der Waals surface area contributed by atoms with E-state index in [1.165, 1.54) is 14.0 Å². The third kappa shape index (κ3) is 3.86. The van der Waals surface area contributed by atoms with Crippen LogP contribution in [0.15, 0.2) is 59.1 Å². The number of esters is 1. The number of hydrogen-bond donors (Lipinski definition) is 1. The summed E-state index contributed by atoms with van der Waals surface area (Å²) >= 11 is 3.42. The van der Waals surface area contributed by atoms with Gasteiger partial charge in [0.25, 0.3) is 5.91 Å². The molecule has 0 unspecified atom stereocenters. The lowest BCUT2D eigenvalue weighted by Gasteiger charge is -2.13. The van der Waals surface area contributed by atoms with Gasteiger partial charge in [0.15, 0.2) is 0 Å². The van der Waals surface area contributed by atoms with Crippen LogP contribution in [0.2, 0.25) is 0 Å². The number of nitrogens with one attached hydrogen (secondary N) is 1. The SMILES string of the molecule is COc1ccccc1NC(=O)c1cc2cc(Br)ccc2cc1OC(C)=O. The average molecular weight is 414 g/mol. The van der Waals surface area contributed by atoms with Crippen molar-refractivity contribution < 1.29 is 19.1 Å². The molecule has 5 nitrogen and oxygen atoms in total. The van der Waals surface area contributed by atoms with E-state index < -0.39 is 11.9 Å². The zero-order valence-electron chi connectivity index (χ0n) is 14.2. The van der Waals surface area contributed by atoms with Crippen LogP contribution in [0.3, 0.4) is 0 Å². The molecule has 0 aliphatic carbocycles. The minimum Gasteiger partial charge on any atom is -0.495 e. The first-order valence-electron chi connectivity index (χ1n) is 7.84. The number of fused-ring (bicyclic) bond motifs is 1. The zero-order chi connectivity index (χ0) is 18.7. The maximum absolute atomic E-state index is 12.8. The van der Waals surface area contributed by atoms with Gasteiger partial charge in [0, 0.05) is 11.4 Å². The number of rotatable bonds is 4. The number of benzene rings is 3. The Bertz CT molecular complexity index is 1000. The van der Waals surface area contributed by atoms with E-state index in [0.29, 0.717) is 11.4 Å². The van der Waals surface area contributed by atoms with E-state index in [1.807, 2.05) is 24.3 Å². The Morgan fingerprint density at radius 2 is 1.73 bits per heavy atom. The maximum Gasteiger partial charge on any atom is 0.308 e. The molecule has 0 saturated heterocycles. The highest BCUT2D eigenvalue weighted by atomic mass is 79.9. The van der Waals surface area contributed by atoms with Crippen molar-refractivity contribution in [3.63, 3.8) is 0 Å². The fraction of sp³-hybridized carbons (Fsp3) is 0.100. The van der Waals surface area contributed by atoms with Gasteiger partial charge in [-0.3, -0.25) is 9.59 Å². The van der Waals surface area contributed by atoms with E-state index in [-0.39, 0.29) is 11.3 Å². The lowest BCUT2D eigenvalue weighted by molar-refractivity contribution is -0.131. The number of methoxy groups -OCH3 is 1. The van der Waals surface area contributed by atoms with Gasteiger partial charge >= 0.3 is 5.97 Å². The van der Waals surface area contributed by atoms with Gasteiger partial charge in [-0.15, -0.1) is 0 Å². The fourth-order valence-corrected chi connectivity index (χ4v) is 2.98. The summed E-state index contributed by atoms with van der Waals surface area (Å²) in [6.45, 7) is 1.30. The minimum atomic E-state index is -0.493. The molecular formula is C20H16BrNO4. The van der Waals surface area contributed by atoms with Crippen molar-refractivity contribution in [2.75, 3.05) is 12.4 Å². The Hall–Kier alpha value is -2.86. The van der Waals surface area contributed by atoms with Gasteiger partial charge in [0.1, 0.15) is 11.5 Å². The Balaban J connectivity index is 2.05. The normalized spacial score (nSPS) is 10.4. The maximum atomic E-state index is 12.8. The first kappa shape index (κ1) is 17.9. The van der Waals surface area contributed by atoms with Gasteiger partial charge in [-0.25, -0.2) is 0 Å². The Morgan fingerprint density at radius 3 is 2.46 bits per heavy atom. The lowest BCUT2D eigenvalue weighted by atomic mass is 10.0. The highest BCUT2D eigenvalue weighted by molar-refractivity contribution is 9.10. The van der Waals surface area contributed by atoms with Gasteiger partial charge in [-0.05, 0) is 47.2 Å². The average Bonchev–Trinajstić information content (AvgIpc) is 2.61. The first-order chi connectivity index (χ1) is 12.5. The van der Waals surface area contributed by atoms with Crippen molar-refractivity contribution in [3.8, 4) is 11.5 Å². The fourth-order valence-electron chi connectivity index (χ4n) is 2.60. The van der Waals surface area contributed by atoms with Crippen molar-refractivity contribution in [2.45, 2.75) is 6.92 Å². The molecule has 0 aliphatic rings. The molecule has 0 fully saturated rings. The Morgan fingerprint density at radius 1 is 0.962 bits per heavy atom. The highest BCUT2D eigenvalue weighted by Gasteiger charge is 2.17. The second kappa shape index (κ2) is 7.58. The molecule has 1 amide bonds. The van der Waals surface area contributed by atoms with E-state index in [4.69, 9.17) is 9.47 Å². The molecule has 0 spiro atoms. The van der Waals surface area contributed by atoms with E-state index in [9.17, 15) is 9.59 Å². The quantitative estimate of drug-likeness (QED) is 0.493. The van der Waals surface area contributed by atoms with Crippen LogP contribution in [0.1, 0.15) is 17.3 Å². The number of amides is 1. The summed E-state index contributed by atoms with van der Waals surface area (Å²) in [6, 6.07) is 16.1. The topological polar surface area (TPSA) is 64.6 Å². The second-order valence-corrected chi connectivity index (χ2v) is 6.50. The molecule has 0 atom stereocenters. The first-order valence-corrected chi connectivity index (χ1v) is 8.63. The molecule has 3 rings (SSSR count). The van der Waals surface area contributed by atoms with Crippen LogP contribution in [0.4, 0.5) is 5.69 Å². The summed E-state index contributed by atoms with van der Waals surface area (Å²) < 4.78 is 11.4. The highest BCUT2D eigenvalue weighted by Crippen LogP contribution is 2.30. The summed E-state index contributed by atoms with van der Waals surface area (Å²) in [5, 5.41) is 4.51. The van der Waals surface area contributed by atoms with Gasteiger partial charge in [-0.2, -0.15) is 0 Å². The molecule has 0 aromatic heterocycles. The van der Waals surface area contributed by atoms with Gasteiger partial charge in [-0.1, -0.05) is 34.1 Å². The van der Waals surface area contributed by atoms with Crippen molar-refractivity contribution >= 4 is 44.3 Å². The lowest BCUT2D eigenvalue weighted by Crippen LogP contribution is -2.15. The summed E-state index contributed by atoms with van der Waals surface area (Å²) in [5.74, 6) is -0.140. The number of carbonyl (C=O) groups is 2. The predicted octanol–water partition coefficient (Wildman–Crippen LogP) is 4.79. The molecule has 0 aliphatic heterocycles. The van der Waals surface area contributed by atoms with E-state index >= 15 is 0 Å². The van der Waals surface area contributed by atoms with Crippen LogP contribution in [-0.2, 0) is 4.79 Å². The number of para-hydroxylation sites is 2.